The second kappa shape index (κ2) is 3.74. The van der Waals surface area contributed by atoms with E-state index in [0.717, 1.165) is 11.2 Å². The molecule has 3 rings (SSSR count). The van der Waals surface area contributed by atoms with Gasteiger partial charge in [0.2, 0.25) is 0 Å². The molecule has 84 valence electrons. The average Bonchev–Trinajstić information content (AvgIpc) is 2.87. The zero-order valence-electron chi connectivity index (χ0n) is 9.28. The van der Waals surface area contributed by atoms with Crippen molar-refractivity contribution in [3.05, 3.63) is 23.1 Å². The van der Waals surface area contributed by atoms with Gasteiger partial charge >= 0.3 is 0 Å². The molecule has 0 atom stereocenters. The highest BCUT2D eigenvalue weighted by molar-refractivity contribution is 6.29. The predicted molar refractivity (Wildman–Crippen MR) is 64.7 cm³/mol. The standard InChI is InChI=1S/C12H14ClN3/c1-16-11(8-4-2-3-5-8)14-9-6-7-10(13)15-12(9)16/h6-8H,2-5H2,1H3. The third kappa shape index (κ3) is 1.50. The second-order valence-electron chi connectivity index (χ2n) is 4.49. The van der Waals surface area contributed by atoms with Gasteiger partial charge in [-0.2, -0.15) is 0 Å². The van der Waals surface area contributed by atoms with Crippen molar-refractivity contribution in [2.75, 3.05) is 0 Å². The molecule has 1 fully saturated rings. The third-order valence-electron chi connectivity index (χ3n) is 3.44. The molecule has 0 aliphatic heterocycles. The Hall–Kier alpha value is -1.09. The first-order valence-electron chi connectivity index (χ1n) is 5.74. The van der Waals surface area contributed by atoms with Crippen molar-refractivity contribution in [2.24, 2.45) is 7.05 Å². The van der Waals surface area contributed by atoms with E-state index in [1.807, 2.05) is 13.1 Å². The summed E-state index contributed by atoms with van der Waals surface area (Å²) in [5, 5.41) is 0.536. The van der Waals surface area contributed by atoms with Crippen LogP contribution in [0.15, 0.2) is 12.1 Å². The molecule has 0 amide bonds. The number of hydrogen-bond donors (Lipinski definition) is 0. The van der Waals surface area contributed by atoms with Crippen LogP contribution in [0.5, 0.6) is 0 Å². The number of nitrogens with zero attached hydrogens (tertiary/aromatic N) is 3. The van der Waals surface area contributed by atoms with Gasteiger partial charge in [-0.3, -0.25) is 0 Å². The average molecular weight is 236 g/mol. The first-order chi connectivity index (χ1) is 7.75. The van der Waals surface area contributed by atoms with Gasteiger partial charge in [-0.05, 0) is 25.0 Å². The van der Waals surface area contributed by atoms with E-state index >= 15 is 0 Å². The van der Waals surface area contributed by atoms with Crippen LogP contribution < -0.4 is 0 Å². The van der Waals surface area contributed by atoms with Crippen LogP contribution in [0.4, 0.5) is 0 Å². The van der Waals surface area contributed by atoms with Gasteiger partial charge in [-0.25, -0.2) is 9.97 Å². The Kier molecular flexibility index (Phi) is 2.36. The normalized spacial score (nSPS) is 17.4. The molecule has 1 aliphatic rings. The maximum Gasteiger partial charge on any atom is 0.161 e. The summed E-state index contributed by atoms with van der Waals surface area (Å²) in [6, 6.07) is 3.75. The van der Waals surface area contributed by atoms with E-state index in [-0.39, 0.29) is 0 Å². The highest BCUT2D eigenvalue weighted by Gasteiger charge is 2.22. The number of aromatic nitrogens is 3. The Morgan fingerprint density at radius 3 is 2.75 bits per heavy atom. The molecular weight excluding hydrogens is 222 g/mol. The fourth-order valence-electron chi connectivity index (χ4n) is 2.61. The molecular formula is C12H14ClN3. The van der Waals surface area contributed by atoms with Gasteiger partial charge in [-0.15, -0.1) is 0 Å². The topological polar surface area (TPSA) is 30.7 Å². The second-order valence-corrected chi connectivity index (χ2v) is 4.87. The van der Waals surface area contributed by atoms with Crippen molar-refractivity contribution in [1.82, 2.24) is 14.5 Å². The number of hydrogen-bond acceptors (Lipinski definition) is 2. The molecule has 2 aromatic rings. The summed E-state index contributed by atoms with van der Waals surface area (Å²) in [6.07, 6.45) is 5.15. The summed E-state index contributed by atoms with van der Waals surface area (Å²) in [6.45, 7) is 0. The van der Waals surface area contributed by atoms with E-state index in [4.69, 9.17) is 11.6 Å². The van der Waals surface area contributed by atoms with Gasteiger partial charge in [0.05, 0.1) is 0 Å². The minimum Gasteiger partial charge on any atom is -0.316 e. The van der Waals surface area contributed by atoms with E-state index in [2.05, 4.69) is 14.5 Å². The van der Waals surface area contributed by atoms with Crippen molar-refractivity contribution in [3.8, 4) is 0 Å². The number of halogens is 1. The van der Waals surface area contributed by atoms with Gasteiger partial charge < -0.3 is 4.57 Å². The molecule has 1 saturated carbocycles. The zero-order chi connectivity index (χ0) is 11.1. The summed E-state index contributed by atoms with van der Waals surface area (Å²) in [5.74, 6) is 1.78. The molecule has 4 heteroatoms. The van der Waals surface area contributed by atoms with Gasteiger partial charge in [0.15, 0.2) is 5.65 Å². The molecule has 0 saturated heterocycles. The summed E-state index contributed by atoms with van der Waals surface area (Å²) < 4.78 is 2.09. The van der Waals surface area contributed by atoms with E-state index < -0.39 is 0 Å². The maximum atomic E-state index is 5.91. The van der Waals surface area contributed by atoms with E-state index in [9.17, 15) is 0 Å². The van der Waals surface area contributed by atoms with Crippen molar-refractivity contribution in [3.63, 3.8) is 0 Å². The molecule has 16 heavy (non-hydrogen) atoms. The predicted octanol–water partition coefficient (Wildman–Crippen LogP) is 3.28. The van der Waals surface area contributed by atoms with Crippen molar-refractivity contribution < 1.29 is 0 Å². The summed E-state index contributed by atoms with van der Waals surface area (Å²) in [7, 11) is 2.03. The Morgan fingerprint density at radius 1 is 1.25 bits per heavy atom. The van der Waals surface area contributed by atoms with Crippen molar-refractivity contribution >= 4 is 22.8 Å². The Labute approximate surface area is 99.5 Å². The highest BCUT2D eigenvalue weighted by Crippen LogP contribution is 2.34. The minimum atomic E-state index is 0.536. The van der Waals surface area contributed by atoms with Crippen LogP contribution in [0.3, 0.4) is 0 Å². The highest BCUT2D eigenvalue weighted by atomic mass is 35.5. The minimum absolute atomic E-state index is 0.536. The van der Waals surface area contributed by atoms with Crippen LogP contribution in [0.25, 0.3) is 11.2 Å². The molecule has 2 aromatic heterocycles. The zero-order valence-corrected chi connectivity index (χ0v) is 10.0. The molecule has 3 nitrogen and oxygen atoms in total. The quantitative estimate of drug-likeness (QED) is 0.711. The van der Waals surface area contributed by atoms with Crippen LogP contribution in [-0.2, 0) is 7.05 Å². The lowest BCUT2D eigenvalue weighted by molar-refractivity contribution is 0.637. The molecule has 0 radical (unpaired) electrons. The van der Waals surface area contributed by atoms with Crippen LogP contribution in [-0.4, -0.2) is 14.5 Å². The number of imidazole rings is 1. The molecule has 0 aromatic carbocycles. The monoisotopic (exact) mass is 235 g/mol. The number of fused-ring (bicyclic) bond motifs is 1. The lowest BCUT2D eigenvalue weighted by Gasteiger charge is -2.08. The van der Waals surface area contributed by atoms with Crippen LogP contribution in [0.1, 0.15) is 37.4 Å². The fraction of sp³-hybridized carbons (Fsp3) is 0.500. The Bertz CT molecular complexity index is 526. The first-order valence-corrected chi connectivity index (χ1v) is 6.12. The Morgan fingerprint density at radius 2 is 2.00 bits per heavy atom. The molecule has 2 heterocycles. The first kappa shape index (κ1) is 10.1. The summed E-state index contributed by atoms with van der Waals surface area (Å²) in [5.41, 5.74) is 1.85. The van der Waals surface area contributed by atoms with Gasteiger partial charge in [-0.1, -0.05) is 24.4 Å². The van der Waals surface area contributed by atoms with E-state index in [0.29, 0.717) is 11.1 Å². The molecule has 1 aliphatic carbocycles. The van der Waals surface area contributed by atoms with E-state index in [1.165, 1.54) is 31.5 Å². The Balaban J connectivity index is 2.15. The number of aryl methyl sites for hydroxylation is 1. The number of rotatable bonds is 1. The molecule has 0 unspecified atom stereocenters. The molecule has 0 N–H and O–H groups in total. The van der Waals surface area contributed by atoms with Gasteiger partial charge in [0.25, 0.3) is 0 Å². The number of pyridine rings is 1. The largest absolute Gasteiger partial charge is 0.316 e. The van der Waals surface area contributed by atoms with Crippen molar-refractivity contribution in [2.45, 2.75) is 31.6 Å². The van der Waals surface area contributed by atoms with Crippen LogP contribution >= 0.6 is 11.6 Å². The third-order valence-corrected chi connectivity index (χ3v) is 3.65. The fourth-order valence-corrected chi connectivity index (χ4v) is 2.75. The van der Waals surface area contributed by atoms with Crippen LogP contribution in [0, 0.1) is 0 Å². The van der Waals surface area contributed by atoms with Crippen LogP contribution in [0.2, 0.25) is 5.15 Å². The van der Waals surface area contributed by atoms with Gasteiger partial charge in [0, 0.05) is 13.0 Å². The van der Waals surface area contributed by atoms with Crippen molar-refractivity contribution in [1.29, 1.82) is 0 Å². The van der Waals surface area contributed by atoms with E-state index in [1.54, 1.807) is 6.07 Å². The smallest absolute Gasteiger partial charge is 0.161 e. The lowest BCUT2D eigenvalue weighted by Crippen LogP contribution is -2.02. The lowest BCUT2D eigenvalue weighted by atomic mass is 10.1. The molecule has 0 spiro atoms. The summed E-state index contributed by atoms with van der Waals surface area (Å²) >= 11 is 5.91. The van der Waals surface area contributed by atoms with Gasteiger partial charge in [0.1, 0.15) is 16.5 Å². The SMILES string of the molecule is Cn1c(C2CCCC2)nc2ccc(Cl)nc21. The molecule has 0 bridgehead atoms. The summed E-state index contributed by atoms with van der Waals surface area (Å²) in [4.78, 5) is 9.01. The maximum absolute atomic E-state index is 5.91.